The van der Waals surface area contributed by atoms with Gasteiger partial charge in [0.2, 0.25) is 0 Å². The second kappa shape index (κ2) is 10.7. The first-order valence-electron chi connectivity index (χ1n) is 10.8. The van der Waals surface area contributed by atoms with Crippen LogP contribution in [0.5, 0.6) is 11.5 Å². The lowest BCUT2D eigenvalue weighted by Gasteiger charge is -2.12. The van der Waals surface area contributed by atoms with Crippen LogP contribution in [-0.2, 0) is 11.4 Å². The van der Waals surface area contributed by atoms with Crippen molar-refractivity contribution < 1.29 is 14.3 Å². The Morgan fingerprint density at radius 3 is 2.53 bits per heavy atom. The number of methoxy groups -OCH3 is 1. The van der Waals surface area contributed by atoms with Gasteiger partial charge in [-0.1, -0.05) is 36.4 Å². The molecule has 0 atom stereocenters. The number of benzene rings is 3. The van der Waals surface area contributed by atoms with Gasteiger partial charge in [-0.05, 0) is 61.2 Å². The maximum Gasteiger partial charge on any atom is 0.266 e. The number of hydrogen-bond donors (Lipinski definition) is 0. The molecule has 0 spiro atoms. The minimum atomic E-state index is -0.0932. The average molecular weight is 470 g/mol. The molecule has 34 heavy (non-hydrogen) atoms. The van der Waals surface area contributed by atoms with Gasteiger partial charge in [-0.2, -0.15) is 5.26 Å². The van der Waals surface area contributed by atoms with Gasteiger partial charge in [0.15, 0.2) is 5.17 Å². The van der Waals surface area contributed by atoms with Crippen LogP contribution in [0.3, 0.4) is 0 Å². The number of nitrogens with zero attached hydrogens (tertiary/aromatic N) is 3. The van der Waals surface area contributed by atoms with Gasteiger partial charge in [-0.15, -0.1) is 0 Å². The predicted molar refractivity (Wildman–Crippen MR) is 135 cm³/mol. The van der Waals surface area contributed by atoms with Crippen molar-refractivity contribution in [2.24, 2.45) is 4.99 Å². The van der Waals surface area contributed by atoms with E-state index in [9.17, 15) is 10.1 Å². The maximum absolute atomic E-state index is 13.1. The molecule has 170 valence electrons. The summed E-state index contributed by atoms with van der Waals surface area (Å²) in [6.45, 7) is 2.70. The first-order chi connectivity index (χ1) is 16.6. The van der Waals surface area contributed by atoms with Crippen molar-refractivity contribution in [3.8, 4) is 17.6 Å². The van der Waals surface area contributed by atoms with Gasteiger partial charge in [0.1, 0.15) is 18.1 Å². The quantitative estimate of drug-likeness (QED) is 0.411. The van der Waals surface area contributed by atoms with E-state index in [0.717, 1.165) is 22.6 Å². The fourth-order valence-electron chi connectivity index (χ4n) is 3.42. The molecule has 7 heteroatoms. The van der Waals surface area contributed by atoms with Crippen LogP contribution in [0.25, 0.3) is 6.08 Å². The summed E-state index contributed by atoms with van der Waals surface area (Å²) >= 11 is 1.34. The molecule has 6 nitrogen and oxygen atoms in total. The van der Waals surface area contributed by atoms with Crippen LogP contribution < -0.4 is 9.47 Å². The van der Waals surface area contributed by atoms with Gasteiger partial charge in [-0.3, -0.25) is 9.69 Å². The monoisotopic (exact) mass is 469 g/mol. The molecule has 0 aliphatic carbocycles. The number of ether oxygens (including phenoxy) is 2. The van der Waals surface area contributed by atoms with Crippen LogP contribution in [0.4, 0.5) is 5.69 Å². The highest BCUT2D eigenvalue weighted by Gasteiger charge is 2.32. The zero-order valence-electron chi connectivity index (χ0n) is 18.9. The molecule has 0 radical (unpaired) electrons. The van der Waals surface area contributed by atoms with Gasteiger partial charge < -0.3 is 9.47 Å². The zero-order chi connectivity index (χ0) is 23.9. The van der Waals surface area contributed by atoms with Gasteiger partial charge in [-0.25, -0.2) is 4.99 Å². The molecular weight excluding hydrogens is 446 g/mol. The van der Waals surface area contributed by atoms with Crippen molar-refractivity contribution in [2.75, 3.05) is 13.7 Å². The van der Waals surface area contributed by atoms with E-state index in [0.29, 0.717) is 27.9 Å². The number of carbonyl (C=O) groups excluding carboxylic acids is 1. The highest BCUT2D eigenvalue weighted by atomic mass is 32.2. The van der Waals surface area contributed by atoms with Crippen LogP contribution in [0, 0.1) is 11.3 Å². The van der Waals surface area contributed by atoms with Crippen LogP contribution in [-0.4, -0.2) is 29.6 Å². The molecule has 0 bridgehead atoms. The summed E-state index contributed by atoms with van der Waals surface area (Å²) in [5.41, 5.74) is 2.92. The number of amidine groups is 1. The topological polar surface area (TPSA) is 74.9 Å². The van der Waals surface area contributed by atoms with Crippen LogP contribution in [0.15, 0.2) is 82.7 Å². The van der Waals surface area contributed by atoms with Crippen LogP contribution >= 0.6 is 11.8 Å². The molecule has 0 saturated carbocycles. The number of carbonyl (C=O) groups is 1. The first kappa shape index (κ1) is 23.1. The Labute approximate surface area is 203 Å². The van der Waals surface area contributed by atoms with Crippen LogP contribution in [0.1, 0.15) is 23.6 Å². The van der Waals surface area contributed by atoms with E-state index in [1.54, 1.807) is 18.1 Å². The lowest BCUT2D eigenvalue weighted by atomic mass is 10.1. The second-order valence-corrected chi connectivity index (χ2v) is 8.36. The third-order valence-corrected chi connectivity index (χ3v) is 6.23. The minimum Gasteiger partial charge on any atom is -0.497 e. The number of likely N-dealkylation sites (N-methyl/N-ethyl adjacent to an activating group) is 1. The number of hydrogen-bond acceptors (Lipinski definition) is 6. The molecule has 1 amide bonds. The van der Waals surface area contributed by atoms with E-state index in [4.69, 9.17) is 9.47 Å². The highest BCUT2D eigenvalue weighted by Crippen LogP contribution is 2.35. The fraction of sp³-hybridized carbons (Fsp3) is 0.148. The molecule has 1 fully saturated rings. The average Bonchev–Trinajstić information content (AvgIpc) is 3.17. The van der Waals surface area contributed by atoms with Crippen molar-refractivity contribution in [2.45, 2.75) is 13.5 Å². The van der Waals surface area contributed by atoms with Crippen molar-refractivity contribution in [1.29, 1.82) is 5.26 Å². The number of rotatable bonds is 7. The Balaban J connectivity index is 1.58. The molecule has 3 aromatic rings. The van der Waals surface area contributed by atoms with E-state index >= 15 is 0 Å². The summed E-state index contributed by atoms with van der Waals surface area (Å²) in [6, 6.07) is 24.5. The number of para-hydroxylation sites is 1. The Morgan fingerprint density at radius 1 is 1.06 bits per heavy atom. The Bertz CT molecular complexity index is 1290. The molecule has 0 unspecified atom stereocenters. The minimum absolute atomic E-state index is 0.0932. The van der Waals surface area contributed by atoms with Crippen molar-refractivity contribution in [1.82, 2.24) is 4.90 Å². The Hall–Kier alpha value is -4.02. The number of aliphatic imine (C=N–C) groups is 1. The Morgan fingerprint density at radius 2 is 1.79 bits per heavy atom. The summed E-state index contributed by atoms with van der Waals surface area (Å²) < 4.78 is 11.2. The van der Waals surface area contributed by atoms with E-state index in [1.807, 2.05) is 79.7 Å². The van der Waals surface area contributed by atoms with E-state index in [2.05, 4.69) is 11.1 Å². The molecule has 0 N–H and O–H groups in total. The Kier molecular flexibility index (Phi) is 7.31. The zero-order valence-corrected chi connectivity index (χ0v) is 19.7. The number of amides is 1. The van der Waals surface area contributed by atoms with Gasteiger partial charge >= 0.3 is 0 Å². The predicted octanol–water partition coefficient (Wildman–Crippen LogP) is 5.77. The normalized spacial score (nSPS) is 15.6. The summed E-state index contributed by atoms with van der Waals surface area (Å²) in [5.74, 6) is 1.30. The van der Waals surface area contributed by atoms with Gasteiger partial charge in [0.25, 0.3) is 5.91 Å². The summed E-state index contributed by atoms with van der Waals surface area (Å²) in [6.07, 6.45) is 1.83. The standard InChI is InChI=1S/C27H23N3O3S/c1-3-30-26(31)25(34-27(30)29-22-12-14-23(32-2)15-13-22)16-19-8-6-7-11-24(19)33-18-21-10-5-4-9-20(21)17-28/h4-16H,3,18H2,1-2H3/b25-16+,29-27?. The third kappa shape index (κ3) is 5.13. The molecule has 1 aliphatic heterocycles. The summed E-state index contributed by atoms with van der Waals surface area (Å²) in [5, 5.41) is 9.95. The second-order valence-electron chi connectivity index (χ2n) is 7.35. The molecule has 3 aromatic carbocycles. The van der Waals surface area contributed by atoms with E-state index in [-0.39, 0.29) is 12.5 Å². The lowest BCUT2D eigenvalue weighted by Crippen LogP contribution is -2.28. The maximum atomic E-state index is 13.1. The fourth-order valence-corrected chi connectivity index (χ4v) is 4.47. The first-order valence-corrected chi connectivity index (χ1v) is 11.6. The van der Waals surface area contributed by atoms with Crippen LogP contribution in [0.2, 0.25) is 0 Å². The molecule has 1 saturated heterocycles. The number of nitriles is 1. The van der Waals surface area contributed by atoms with Crippen molar-refractivity contribution in [3.05, 3.63) is 94.4 Å². The van der Waals surface area contributed by atoms with Gasteiger partial charge in [0, 0.05) is 17.7 Å². The van der Waals surface area contributed by atoms with E-state index < -0.39 is 0 Å². The molecule has 4 rings (SSSR count). The molecule has 1 aliphatic rings. The smallest absolute Gasteiger partial charge is 0.266 e. The van der Waals surface area contributed by atoms with Crippen molar-refractivity contribution >= 4 is 34.6 Å². The molecular formula is C27H23N3O3S. The van der Waals surface area contributed by atoms with Crippen molar-refractivity contribution in [3.63, 3.8) is 0 Å². The third-order valence-electron chi connectivity index (χ3n) is 5.23. The lowest BCUT2D eigenvalue weighted by molar-refractivity contribution is -0.122. The summed E-state index contributed by atoms with van der Waals surface area (Å²) in [7, 11) is 1.62. The van der Waals surface area contributed by atoms with Gasteiger partial charge in [0.05, 0.1) is 29.3 Å². The largest absolute Gasteiger partial charge is 0.497 e. The molecule has 1 heterocycles. The highest BCUT2D eigenvalue weighted by molar-refractivity contribution is 8.18. The summed E-state index contributed by atoms with van der Waals surface area (Å²) in [4.78, 5) is 20.0. The van der Waals surface area contributed by atoms with E-state index in [1.165, 1.54) is 11.8 Å². The molecule has 0 aromatic heterocycles. The number of thioether (sulfide) groups is 1. The SMILES string of the molecule is CCN1C(=O)/C(=C\c2ccccc2OCc2ccccc2C#N)SC1=Nc1ccc(OC)cc1.